The molecular weight excluding hydrogens is 233 g/mol. The molecule has 0 saturated heterocycles. The number of rotatable bonds is 2. The number of benzene rings is 1. The zero-order valence-corrected chi connectivity index (χ0v) is 8.94. The summed E-state index contributed by atoms with van der Waals surface area (Å²) in [7, 11) is 0. The van der Waals surface area contributed by atoms with Crippen LogP contribution in [0.4, 0.5) is 4.39 Å². The van der Waals surface area contributed by atoms with Crippen molar-refractivity contribution in [2.24, 2.45) is 5.73 Å². The highest BCUT2D eigenvalue weighted by atomic mass is 79.9. The van der Waals surface area contributed by atoms with Gasteiger partial charge in [-0.1, -0.05) is 22.0 Å². The van der Waals surface area contributed by atoms with Crippen molar-refractivity contribution in [1.82, 2.24) is 0 Å². The fourth-order valence-corrected chi connectivity index (χ4v) is 1.45. The van der Waals surface area contributed by atoms with E-state index in [-0.39, 0.29) is 5.82 Å². The Morgan fingerprint density at radius 3 is 2.92 bits per heavy atom. The maximum Gasteiger partial charge on any atom is 0.130 e. The largest absolute Gasteiger partial charge is 0.327 e. The number of hydrogen-bond acceptors (Lipinski definition) is 1. The van der Waals surface area contributed by atoms with Crippen LogP contribution in [0.5, 0.6) is 0 Å². The second-order valence-electron chi connectivity index (χ2n) is 2.75. The summed E-state index contributed by atoms with van der Waals surface area (Å²) < 4.78 is 14.1. The molecule has 3 heteroatoms. The molecule has 0 amide bonds. The lowest BCUT2D eigenvalue weighted by molar-refractivity contribution is 0.623. The number of nitrogens with two attached hydrogens (primary N) is 1. The van der Waals surface area contributed by atoms with Crippen LogP contribution in [0.25, 0.3) is 5.57 Å². The van der Waals surface area contributed by atoms with Crippen LogP contribution in [-0.4, -0.2) is 6.54 Å². The topological polar surface area (TPSA) is 26.0 Å². The van der Waals surface area contributed by atoms with Gasteiger partial charge in [0, 0.05) is 16.6 Å². The Kier molecular flexibility index (Phi) is 3.63. The van der Waals surface area contributed by atoms with Crippen molar-refractivity contribution < 1.29 is 4.39 Å². The van der Waals surface area contributed by atoms with E-state index >= 15 is 0 Å². The first-order chi connectivity index (χ1) is 6.15. The highest BCUT2D eigenvalue weighted by Crippen LogP contribution is 2.21. The van der Waals surface area contributed by atoms with Gasteiger partial charge in [-0.15, -0.1) is 0 Å². The summed E-state index contributed by atoms with van der Waals surface area (Å²) in [5.41, 5.74) is 6.80. The SMILES string of the molecule is C/C(=C/CN)c1cc(Br)ccc1F. The van der Waals surface area contributed by atoms with Crippen molar-refractivity contribution in [1.29, 1.82) is 0 Å². The Morgan fingerprint density at radius 2 is 2.31 bits per heavy atom. The normalized spacial score (nSPS) is 11.8. The minimum absolute atomic E-state index is 0.217. The Hall–Kier alpha value is -0.670. The first kappa shape index (κ1) is 10.4. The van der Waals surface area contributed by atoms with Gasteiger partial charge in [0.15, 0.2) is 0 Å². The molecular formula is C10H11BrFN. The van der Waals surface area contributed by atoms with Gasteiger partial charge in [0.05, 0.1) is 0 Å². The standard InChI is InChI=1S/C10H11BrFN/c1-7(4-5-13)9-6-8(11)2-3-10(9)12/h2-4,6H,5,13H2,1H3/b7-4-. The molecule has 0 radical (unpaired) electrons. The van der Waals surface area contributed by atoms with E-state index in [1.807, 2.05) is 6.92 Å². The molecule has 0 atom stereocenters. The van der Waals surface area contributed by atoms with Gasteiger partial charge in [0.25, 0.3) is 0 Å². The molecule has 2 N–H and O–H groups in total. The van der Waals surface area contributed by atoms with Gasteiger partial charge in [0.2, 0.25) is 0 Å². The molecule has 0 aliphatic rings. The van der Waals surface area contributed by atoms with Crippen LogP contribution < -0.4 is 5.73 Å². The fourth-order valence-electron chi connectivity index (χ4n) is 1.09. The maximum absolute atomic E-state index is 13.2. The molecule has 0 fully saturated rings. The molecule has 0 aliphatic carbocycles. The van der Waals surface area contributed by atoms with E-state index in [9.17, 15) is 4.39 Å². The number of halogens is 2. The molecule has 70 valence electrons. The average Bonchev–Trinajstić information content (AvgIpc) is 2.09. The molecule has 0 heterocycles. The summed E-state index contributed by atoms with van der Waals surface area (Å²) in [6, 6.07) is 4.86. The van der Waals surface area contributed by atoms with Crippen molar-refractivity contribution in [2.75, 3.05) is 6.54 Å². The molecule has 1 nitrogen and oxygen atoms in total. The van der Waals surface area contributed by atoms with Gasteiger partial charge in [-0.25, -0.2) is 4.39 Å². The van der Waals surface area contributed by atoms with Crippen molar-refractivity contribution >= 4 is 21.5 Å². The van der Waals surface area contributed by atoms with E-state index in [0.29, 0.717) is 12.1 Å². The molecule has 0 spiro atoms. The smallest absolute Gasteiger partial charge is 0.130 e. The van der Waals surface area contributed by atoms with E-state index in [2.05, 4.69) is 15.9 Å². The van der Waals surface area contributed by atoms with Crippen molar-refractivity contribution in [3.8, 4) is 0 Å². The minimum Gasteiger partial charge on any atom is -0.327 e. The van der Waals surface area contributed by atoms with E-state index in [1.54, 1.807) is 18.2 Å². The third kappa shape index (κ3) is 2.64. The molecule has 0 aromatic heterocycles. The number of allylic oxidation sites excluding steroid dienone is 1. The number of hydrogen-bond donors (Lipinski definition) is 1. The summed E-state index contributed by atoms with van der Waals surface area (Å²) >= 11 is 3.29. The van der Waals surface area contributed by atoms with Gasteiger partial charge in [0.1, 0.15) is 5.82 Å². The van der Waals surface area contributed by atoms with Crippen molar-refractivity contribution in [3.05, 3.63) is 40.1 Å². The molecule has 1 aromatic rings. The quantitative estimate of drug-likeness (QED) is 0.850. The highest BCUT2D eigenvalue weighted by molar-refractivity contribution is 9.10. The molecule has 13 heavy (non-hydrogen) atoms. The summed E-state index contributed by atoms with van der Waals surface area (Å²) in [5, 5.41) is 0. The van der Waals surface area contributed by atoms with Crippen molar-refractivity contribution in [3.63, 3.8) is 0 Å². The predicted molar refractivity (Wildman–Crippen MR) is 56.8 cm³/mol. The molecule has 1 rings (SSSR count). The Labute approximate surface area is 85.6 Å². The summed E-state index contributed by atoms with van der Waals surface area (Å²) in [4.78, 5) is 0. The maximum atomic E-state index is 13.2. The van der Waals surface area contributed by atoms with E-state index in [0.717, 1.165) is 10.0 Å². The summed E-state index contributed by atoms with van der Waals surface area (Å²) in [6.45, 7) is 2.27. The molecule has 0 bridgehead atoms. The highest BCUT2D eigenvalue weighted by Gasteiger charge is 2.03. The van der Waals surface area contributed by atoms with Gasteiger partial charge in [-0.3, -0.25) is 0 Å². The zero-order valence-electron chi connectivity index (χ0n) is 7.35. The lowest BCUT2D eigenvalue weighted by Gasteiger charge is -2.03. The molecule has 0 unspecified atom stereocenters. The zero-order chi connectivity index (χ0) is 9.84. The van der Waals surface area contributed by atoms with Crippen LogP contribution in [0.15, 0.2) is 28.7 Å². The molecule has 0 saturated carbocycles. The fraction of sp³-hybridized carbons (Fsp3) is 0.200. The van der Waals surface area contributed by atoms with Crippen LogP contribution in [0.1, 0.15) is 12.5 Å². The van der Waals surface area contributed by atoms with Crippen LogP contribution in [0, 0.1) is 5.82 Å². The third-order valence-corrected chi connectivity index (χ3v) is 2.27. The summed E-state index contributed by atoms with van der Waals surface area (Å²) in [5.74, 6) is -0.217. The lowest BCUT2D eigenvalue weighted by atomic mass is 10.1. The van der Waals surface area contributed by atoms with E-state index in [1.165, 1.54) is 6.07 Å². The Bertz CT molecular complexity index is 334. The second kappa shape index (κ2) is 4.53. The van der Waals surface area contributed by atoms with Gasteiger partial charge >= 0.3 is 0 Å². The predicted octanol–water partition coefficient (Wildman–Crippen LogP) is 2.95. The minimum atomic E-state index is -0.217. The summed E-state index contributed by atoms with van der Waals surface area (Å²) in [6.07, 6.45) is 1.80. The molecule has 0 aliphatic heterocycles. The van der Waals surface area contributed by atoms with Crippen LogP contribution in [-0.2, 0) is 0 Å². The monoisotopic (exact) mass is 243 g/mol. The first-order valence-electron chi connectivity index (χ1n) is 3.97. The third-order valence-electron chi connectivity index (χ3n) is 1.78. The van der Waals surface area contributed by atoms with Gasteiger partial charge in [-0.2, -0.15) is 0 Å². The first-order valence-corrected chi connectivity index (χ1v) is 4.76. The van der Waals surface area contributed by atoms with Gasteiger partial charge < -0.3 is 5.73 Å². The van der Waals surface area contributed by atoms with Crippen LogP contribution >= 0.6 is 15.9 Å². The van der Waals surface area contributed by atoms with E-state index in [4.69, 9.17) is 5.73 Å². The van der Waals surface area contributed by atoms with Crippen LogP contribution in [0.3, 0.4) is 0 Å². The van der Waals surface area contributed by atoms with Crippen molar-refractivity contribution in [2.45, 2.75) is 6.92 Å². The van der Waals surface area contributed by atoms with Crippen LogP contribution in [0.2, 0.25) is 0 Å². The Balaban J connectivity index is 3.13. The lowest BCUT2D eigenvalue weighted by Crippen LogP contribution is -1.95. The second-order valence-corrected chi connectivity index (χ2v) is 3.66. The van der Waals surface area contributed by atoms with E-state index < -0.39 is 0 Å². The average molecular weight is 244 g/mol. The van der Waals surface area contributed by atoms with Gasteiger partial charge in [-0.05, 0) is 30.7 Å². The Morgan fingerprint density at radius 1 is 1.62 bits per heavy atom. The molecule has 1 aromatic carbocycles.